The van der Waals surface area contributed by atoms with Crippen LogP contribution >= 0.6 is 0 Å². The Balaban J connectivity index is 3.68. The Labute approximate surface area is 137 Å². The molecule has 148 valence electrons. The van der Waals surface area contributed by atoms with Gasteiger partial charge in [-0.15, -0.1) is 0 Å². The van der Waals surface area contributed by atoms with Crippen LogP contribution in [0, 0.1) is 0 Å². The monoisotopic (exact) mass is 404 g/mol. The van der Waals surface area contributed by atoms with Crippen LogP contribution in [0.5, 0.6) is 11.5 Å². The van der Waals surface area contributed by atoms with E-state index in [0.717, 1.165) is 19.2 Å². The highest BCUT2D eigenvalue weighted by molar-refractivity contribution is 5.35. The van der Waals surface area contributed by atoms with Crippen LogP contribution in [0.25, 0.3) is 0 Å². The first-order valence-corrected chi connectivity index (χ1v) is 6.17. The molecular weight excluding hydrogens is 397 g/mol. The Hall–Kier alpha value is -2.21. The van der Waals surface area contributed by atoms with Crippen LogP contribution < -0.4 is 9.47 Å². The number of ether oxygens (including phenoxy) is 2. The third-order valence-electron chi connectivity index (χ3n) is 2.71. The van der Waals surface area contributed by atoms with E-state index in [0.29, 0.717) is 12.1 Å². The quantitative estimate of drug-likeness (QED) is 0.477. The first kappa shape index (κ1) is 21.8. The zero-order valence-electron chi connectivity index (χ0n) is 12.3. The van der Waals surface area contributed by atoms with Crippen LogP contribution in [-0.2, 0) is 0 Å². The van der Waals surface area contributed by atoms with Crippen LogP contribution in [0.4, 0.5) is 48.3 Å². The molecule has 0 heterocycles. The van der Waals surface area contributed by atoms with Crippen molar-refractivity contribution in [3.05, 3.63) is 35.6 Å². The highest BCUT2D eigenvalue weighted by atomic mass is 19.4. The Kier molecular flexibility index (Phi) is 5.74. The van der Waals surface area contributed by atoms with Crippen molar-refractivity contribution in [3.63, 3.8) is 0 Å². The minimum Gasteiger partial charge on any atom is -0.497 e. The van der Waals surface area contributed by atoms with E-state index in [2.05, 4.69) is 9.47 Å². The van der Waals surface area contributed by atoms with Crippen LogP contribution in [-0.4, -0.2) is 31.6 Å². The lowest BCUT2D eigenvalue weighted by atomic mass is 10.1. The molecule has 0 fully saturated rings. The lowest BCUT2D eigenvalue weighted by molar-refractivity contribution is -0.277. The van der Waals surface area contributed by atoms with Gasteiger partial charge in [0.25, 0.3) is 0 Å². The Morgan fingerprint density at radius 3 is 1.38 bits per heavy atom. The molecule has 0 spiro atoms. The molecule has 0 aliphatic carbocycles. The van der Waals surface area contributed by atoms with Gasteiger partial charge in [0.05, 0.1) is 7.11 Å². The molecule has 1 aromatic carbocycles. The highest BCUT2D eigenvalue weighted by Gasteiger charge is 2.68. The van der Waals surface area contributed by atoms with Crippen molar-refractivity contribution >= 4 is 0 Å². The Morgan fingerprint density at radius 2 is 1.08 bits per heavy atom. The summed E-state index contributed by atoms with van der Waals surface area (Å²) in [7, 11) is 1.12. The SMILES string of the molecule is COc1ccc(OC(=C(C(F)(F)F)C(F)(F)F)C(F)(F)C(F)(F)F)cc1. The second-order valence-corrected chi connectivity index (χ2v) is 4.55. The number of hydrogen-bond acceptors (Lipinski definition) is 2. The summed E-state index contributed by atoms with van der Waals surface area (Å²) in [5.74, 6) is -11.4. The standard InChI is InChI=1S/C13H7F11O2/c1-25-6-2-4-7(5-3-6)26-9(10(14,15)13(22,23)24)8(11(16,17)18)12(19,20)21/h2-5H,1H3. The molecule has 0 aromatic heterocycles. The smallest absolute Gasteiger partial charge is 0.461 e. The molecule has 2 nitrogen and oxygen atoms in total. The average molecular weight is 404 g/mol. The third kappa shape index (κ3) is 4.69. The third-order valence-corrected chi connectivity index (χ3v) is 2.71. The van der Waals surface area contributed by atoms with E-state index in [1.54, 1.807) is 0 Å². The molecule has 0 amide bonds. The van der Waals surface area contributed by atoms with Gasteiger partial charge in [-0.1, -0.05) is 0 Å². The molecule has 0 N–H and O–H groups in total. The van der Waals surface area contributed by atoms with E-state index >= 15 is 0 Å². The summed E-state index contributed by atoms with van der Waals surface area (Å²) in [6.45, 7) is 0. The van der Waals surface area contributed by atoms with Gasteiger partial charge in [0.1, 0.15) is 11.5 Å². The van der Waals surface area contributed by atoms with Crippen LogP contribution in [0.3, 0.4) is 0 Å². The minimum atomic E-state index is -6.78. The summed E-state index contributed by atoms with van der Waals surface area (Å²) in [5.41, 5.74) is -4.11. The van der Waals surface area contributed by atoms with Crippen molar-refractivity contribution in [2.24, 2.45) is 0 Å². The van der Waals surface area contributed by atoms with Gasteiger partial charge in [-0.3, -0.25) is 0 Å². The average Bonchev–Trinajstić information content (AvgIpc) is 2.43. The fourth-order valence-corrected chi connectivity index (χ4v) is 1.58. The predicted molar refractivity (Wildman–Crippen MR) is 63.8 cm³/mol. The maximum Gasteiger partial charge on any atom is 0.461 e. The molecule has 0 bridgehead atoms. The normalized spacial score (nSPS) is 13.4. The first-order chi connectivity index (χ1) is 11.5. The maximum atomic E-state index is 13.4. The molecule has 0 aliphatic rings. The fourth-order valence-electron chi connectivity index (χ4n) is 1.58. The predicted octanol–water partition coefficient (Wildman–Crippen LogP) is 5.65. The lowest BCUT2D eigenvalue weighted by Gasteiger charge is -2.27. The summed E-state index contributed by atoms with van der Waals surface area (Å²) in [4.78, 5) is 0. The van der Waals surface area contributed by atoms with Gasteiger partial charge in [0.2, 0.25) is 5.76 Å². The second-order valence-electron chi connectivity index (χ2n) is 4.55. The van der Waals surface area contributed by atoms with Crippen molar-refractivity contribution in [2.75, 3.05) is 7.11 Å². The van der Waals surface area contributed by atoms with E-state index < -0.39 is 41.5 Å². The number of rotatable bonds is 4. The van der Waals surface area contributed by atoms with Gasteiger partial charge >= 0.3 is 24.5 Å². The van der Waals surface area contributed by atoms with Gasteiger partial charge in [-0.2, -0.15) is 48.3 Å². The molecular formula is C13H7F11O2. The summed E-state index contributed by atoms with van der Waals surface area (Å²) >= 11 is 0. The molecule has 13 heteroatoms. The largest absolute Gasteiger partial charge is 0.497 e. The number of alkyl halides is 11. The summed E-state index contributed by atoms with van der Waals surface area (Å²) in [6.07, 6.45) is -20.0. The summed E-state index contributed by atoms with van der Waals surface area (Å²) < 4.78 is 148. The molecule has 0 radical (unpaired) electrons. The van der Waals surface area contributed by atoms with Crippen molar-refractivity contribution < 1.29 is 57.8 Å². The van der Waals surface area contributed by atoms with E-state index in [-0.39, 0.29) is 5.75 Å². The van der Waals surface area contributed by atoms with Crippen molar-refractivity contribution in [2.45, 2.75) is 24.5 Å². The Bertz CT molecular complexity index is 635. The van der Waals surface area contributed by atoms with Crippen molar-refractivity contribution in [1.82, 2.24) is 0 Å². The van der Waals surface area contributed by atoms with Gasteiger partial charge in [0, 0.05) is 0 Å². The number of halogens is 11. The molecule has 0 saturated heterocycles. The van der Waals surface area contributed by atoms with Crippen LogP contribution in [0.2, 0.25) is 0 Å². The fraction of sp³-hybridized carbons (Fsp3) is 0.385. The first-order valence-electron chi connectivity index (χ1n) is 6.17. The minimum absolute atomic E-state index is 0.0164. The van der Waals surface area contributed by atoms with Gasteiger partial charge in [0.15, 0.2) is 5.57 Å². The zero-order chi connectivity index (χ0) is 20.6. The second kappa shape index (κ2) is 6.83. The van der Waals surface area contributed by atoms with Crippen molar-refractivity contribution in [1.29, 1.82) is 0 Å². The van der Waals surface area contributed by atoms with E-state index in [9.17, 15) is 48.3 Å². The molecule has 26 heavy (non-hydrogen) atoms. The van der Waals surface area contributed by atoms with E-state index in [1.165, 1.54) is 0 Å². The zero-order valence-corrected chi connectivity index (χ0v) is 12.3. The highest BCUT2D eigenvalue weighted by Crippen LogP contribution is 2.49. The summed E-state index contributed by atoms with van der Waals surface area (Å²) in [5, 5.41) is 0. The number of benzene rings is 1. The maximum absolute atomic E-state index is 13.4. The number of allylic oxidation sites excluding steroid dienone is 2. The lowest BCUT2D eigenvalue weighted by Crippen LogP contribution is -2.44. The molecule has 0 unspecified atom stereocenters. The molecule has 0 atom stereocenters. The topological polar surface area (TPSA) is 18.5 Å². The molecule has 0 saturated carbocycles. The van der Waals surface area contributed by atoms with E-state index in [1.807, 2.05) is 0 Å². The van der Waals surface area contributed by atoms with E-state index in [4.69, 9.17) is 0 Å². The van der Waals surface area contributed by atoms with Gasteiger partial charge in [-0.05, 0) is 24.3 Å². The van der Waals surface area contributed by atoms with Crippen LogP contribution in [0.15, 0.2) is 35.6 Å². The summed E-state index contributed by atoms with van der Waals surface area (Å²) in [6, 6.07) is 2.82. The molecule has 1 rings (SSSR count). The Morgan fingerprint density at radius 1 is 0.692 bits per heavy atom. The molecule has 1 aromatic rings. The van der Waals surface area contributed by atoms with Crippen molar-refractivity contribution in [3.8, 4) is 11.5 Å². The number of methoxy groups -OCH3 is 1. The molecule has 0 aliphatic heterocycles. The van der Waals surface area contributed by atoms with Gasteiger partial charge < -0.3 is 9.47 Å². The van der Waals surface area contributed by atoms with Gasteiger partial charge in [-0.25, -0.2) is 0 Å². The number of hydrogen-bond donors (Lipinski definition) is 0. The van der Waals surface area contributed by atoms with Crippen LogP contribution in [0.1, 0.15) is 0 Å².